The van der Waals surface area contributed by atoms with Gasteiger partial charge < -0.3 is 19.3 Å². The molecule has 7 nitrogen and oxygen atoms in total. The molecule has 0 saturated carbocycles. The first-order valence-electron chi connectivity index (χ1n) is 10.4. The van der Waals surface area contributed by atoms with E-state index >= 15 is 0 Å². The smallest absolute Gasteiger partial charge is 0.300 e. The highest BCUT2D eigenvalue weighted by Crippen LogP contribution is 2.47. The first-order valence-corrected chi connectivity index (χ1v) is 10.8. The molecular weight excluding hydrogens is 477 g/mol. The zero-order chi connectivity index (χ0) is 25.3. The van der Waals surface area contributed by atoms with Gasteiger partial charge in [-0.2, -0.15) is 0 Å². The number of halogens is 2. The van der Waals surface area contributed by atoms with E-state index in [-0.39, 0.29) is 33.3 Å². The maximum atomic E-state index is 13.9. The Morgan fingerprint density at radius 2 is 1.51 bits per heavy atom. The number of Topliss-reactive ketones (excluding diaryl/α,β-unsaturated/α-hetero) is 1. The highest BCUT2D eigenvalue weighted by Gasteiger charge is 2.48. The normalized spacial score (nSPS) is 16.9. The summed E-state index contributed by atoms with van der Waals surface area (Å²) in [5.74, 6) is -2.22. The van der Waals surface area contributed by atoms with Gasteiger partial charge in [-0.3, -0.25) is 14.5 Å². The molecule has 1 fully saturated rings. The Labute approximate surface area is 205 Å². The number of nitrogens with zero attached hydrogens (tertiary/aromatic N) is 1. The molecule has 0 bridgehead atoms. The summed E-state index contributed by atoms with van der Waals surface area (Å²) in [6.45, 7) is 0. The fraction of sp³-hybridized carbons (Fsp3) is 0.154. The van der Waals surface area contributed by atoms with Crippen molar-refractivity contribution in [2.45, 2.75) is 6.04 Å². The second-order valence-electron chi connectivity index (χ2n) is 7.55. The molecule has 1 saturated heterocycles. The summed E-state index contributed by atoms with van der Waals surface area (Å²) in [7, 11) is 4.26. The second kappa shape index (κ2) is 9.68. The van der Waals surface area contributed by atoms with Crippen LogP contribution in [0.25, 0.3) is 5.76 Å². The van der Waals surface area contributed by atoms with Crippen molar-refractivity contribution in [3.63, 3.8) is 0 Å². The summed E-state index contributed by atoms with van der Waals surface area (Å²) < 4.78 is 30.2. The van der Waals surface area contributed by atoms with E-state index in [1.165, 1.54) is 33.5 Å². The topological polar surface area (TPSA) is 85.3 Å². The van der Waals surface area contributed by atoms with E-state index in [4.69, 9.17) is 25.8 Å². The zero-order valence-corrected chi connectivity index (χ0v) is 19.8. The molecule has 3 aromatic carbocycles. The molecule has 35 heavy (non-hydrogen) atoms. The van der Waals surface area contributed by atoms with Gasteiger partial charge >= 0.3 is 0 Å². The molecule has 4 rings (SSSR count). The fourth-order valence-electron chi connectivity index (χ4n) is 4.14. The Kier molecular flexibility index (Phi) is 6.66. The largest absolute Gasteiger partial charge is 0.506 e. The van der Waals surface area contributed by atoms with E-state index in [1.54, 1.807) is 42.5 Å². The van der Waals surface area contributed by atoms with Crippen LogP contribution in [0.5, 0.6) is 17.2 Å². The Balaban J connectivity index is 2.06. The lowest BCUT2D eigenvalue weighted by molar-refractivity contribution is -0.132. The third-order valence-electron chi connectivity index (χ3n) is 5.72. The van der Waals surface area contributed by atoms with Gasteiger partial charge in [0.05, 0.1) is 38.0 Å². The molecule has 9 heteroatoms. The van der Waals surface area contributed by atoms with Crippen LogP contribution < -0.4 is 19.1 Å². The number of ketones is 1. The standard InChI is InChI=1S/C26H21ClFNO6/c1-33-18-8-5-4-7-15(18)23-22(24(30)21-19(34-2)9-6-10-20(21)35-3)25(31)26(32)29(23)14-11-12-17(28)16(27)13-14/h4-13,23,30H,1-3H3/b24-22+. The molecule has 0 aliphatic carbocycles. The van der Waals surface area contributed by atoms with Crippen molar-refractivity contribution >= 4 is 34.7 Å². The Morgan fingerprint density at radius 3 is 2.11 bits per heavy atom. The summed E-state index contributed by atoms with van der Waals surface area (Å²) in [6.07, 6.45) is 0. The Morgan fingerprint density at radius 1 is 0.914 bits per heavy atom. The molecule has 3 aromatic rings. The maximum absolute atomic E-state index is 13.9. The van der Waals surface area contributed by atoms with E-state index in [0.717, 1.165) is 11.0 Å². The number of rotatable bonds is 6. The van der Waals surface area contributed by atoms with E-state index < -0.39 is 29.3 Å². The van der Waals surface area contributed by atoms with Gasteiger partial charge in [-0.1, -0.05) is 35.9 Å². The van der Waals surface area contributed by atoms with Crippen molar-refractivity contribution in [2.24, 2.45) is 0 Å². The third kappa shape index (κ3) is 4.06. The minimum atomic E-state index is -1.12. The van der Waals surface area contributed by atoms with Crippen molar-refractivity contribution in [3.05, 3.63) is 88.2 Å². The van der Waals surface area contributed by atoms with Crippen molar-refractivity contribution in [3.8, 4) is 17.2 Å². The summed E-state index contributed by atoms with van der Waals surface area (Å²) in [4.78, 5) is 27.9. The number of carbonyl (C=O) groups excluding carboxylic acids is 2. The number of methoxy groups -OCH3 is 3. The van der Waals surface area contributed by atoms with Crippen LogP contribution >= 0.6 is 11.6 Å². The first-order chi connectivity index (χ1) is 16.8. The summed E-state index contributed by atoms with van der Waals surface area (Å²) in [5, 5.41) is 11.3. The predicted molar refractivity (Wildman–Crippen MR) is 129 cm³/mol. The van der Waals surface area contributed by atoms with Crippen LogP contribution in [0.1, 0.15) is 17.2 Å². The Hall–Kier alpha value is -4.04. The number of para-hydroxylation sites is 1. The van der Waals surface area contributed by atoms with Crippen molar-refractivity contribution < 1.29 is 33.3 Å². The number of ether oxygens (including phenoxy) is 3. The van der Waals surface area contributed by atoms with Crippen LogP contribution in [0.4, 0.5) is 10.1 Å². The molecule has 0 aromatic heterocycles. The fourth-order valence-corrected chi connectivity index (χ4v) is 4.31. The van der Waals surface area contributed by atoms with Crippen LogP contribution in [0, 0.1) is 5.82 Å². The van der Waals surface area contributed by atoms with Gasteiger partial charge in [-0.15, -0.1) is 0 Å². The quantitative estimate of drug-likeness (QED) is 0.289. The molecule has 1 aliphatic rings. The van der Waals surface area contributed by atoms with Crippen molar-refractivity contribution in [2.75, 3.05) is 26.2 Å². The van der Waals surface area contributed by atoms with Crippen LogP contribution in [-0.2, 0) is 9.59 Å². The van der Waals surface area contributed by atoms with Gasteiger partial charge in [0, 0.05) is 11.3 Å². The van der Waals surface area contributed by atoms with Crippen LogP contribution in [0.3, 0.4) is 0 Å². The number of amides is 1. The van der Waals surface area contributed by atoms with Crippen LogP contribution in [0.2, 0.25) is 5.02 Å². The number of hydrogen-bond donors (Lipinski definition) is 1. The van der Waals surface area contributed by atoms with E-state index in [2.05, 4.69) is 0 Å². The summed E-state index contributed by atoms with van der Waals surface area (Å²) in [5.41, 5.74) is 0.473. The first kappa shape index (κ1) is 24.1. The number of anilines is 1. The third-order valence-corrected chi connectivity index (χ3v) is 6.01. The minimum Gasteiger partial charge on any atom is -0.506 e. The van der Waals surface area contributed by atoms with Gasteiger partial charge in [0.15, 0.2) is 0 Å². The molecule has 180 valence electrons. The summed E-state index contributed by atoms with van der Waals surface area (Å²) >= 11 is 5.99. The molecule has 1 aliphatic heterocycles. The molecule has 1 heterocycles. The molecule has 1 atom stereocenters. The molecule has 1 N–H and O–H groups in total. The number of carbonyl (C=O) groups is 2. The summed E-state index contributed by atoms with van der Waals surface area (Å²) in [6, 6.07) is 14.2. The van der Waals surface area contributed by atoms with Crippen LogP contribution in [0.15, 0.2) is 66.2 Å². The molecule has 0 radical (unpaired) electrons. The maximum Gasteiger partial charge on any atom is 0.300 e. The van der Waals surface area contributed by atoms with E-state index in [0.29, 0.717) is 11.3 Å². The molecule has 1 amide bonds. The SMILES string of the molecule is COc1ccccc1C1/C(=C(\O)c2c(OC)cccc2OC)C(=O)C(=O)N1c1ccc(F)c(Cl)c1. The van der Waals surface area contributed by atoms with Gasteiger partial charge in [-0.05, 0) is 36.4 Å². The van der Waals surface area contributed by atoms with Crippen molar-refractivity contribution in [1.82, 2.24) is 0 Å². The highest BCUT2D eigenvalue weighted by molar-refractivity contribution is 6.52. The highest BCUT2D eigenvalue weighted by atomic mass is 35.5. The van der Waals surface area contributed by atoms with Gasteiger partial charge in [0.1, 0.15) is 34.4 Å². The number of aliphatic hydroxyl groups excluding tert-OH is 1. The number of aliphatic hydroxyl groups is 1. The minimum absolute atomic E-state index is 0.104. The van der Waals surface area contributed by atoms with Gasteiger partial charge in [0.2, 0.25) is 0 Å². The predicted octanol–water partition coefficient (Wildman–Crippen LogP) is 5.13. The van der Waals surface area contributed by atoms with E-state index in [9.17, 15) is 19.1 Å². The zero-order valence-electron chi connectivity index (χ0n) is 19.0. The van der Waals surface area contributed by atoms with E-state index in [1.807, 2.05) is 0 Å². The second-order valence-corrected chi connectivity index (χ2v) is 7.95. The van der Waals surface area contributed by atoms with Gasteiger partial charge in [0.25, 0.3) is 11.7 Å². The molecule has 1 unspecified atom stereocenters. The Bertz CT molecular complexity index is 1330. The monoisotopic (exact) mass is 497 g/mol. The molecule has 0 spiro atoms. The van der Waals surface area contributed by atoms with Crippen LogP contribution in [-0.4, -0.2) is 38.1 Å². The lowest BCUT2D eigenvalue weighted by Crippen LogP contribution is -2.29. The lowest BCUT2D eigenvalue weighted by atomic mass is 9.94. The van der Waals surface area contributed by atoms with Gasteiger partial charge in [-0.25, -0.2) is 4.39 Å². The van der Waals surface area contributed by atoms with Crippen molar-refractivity contribution in [1.29, 1.82) is 0 Å². The average molecular weight is 498 g/mol. The number of benzene rings is 3. The molecular formula is C26H21ClFNO6. The number of hydrogen-bond acceptors (Lipinski definition) is 6. The average Bonchev–Trinajstić information content (AvgIpc) is 3.14. The lowest BCUT2D eigenvalue weighted by Gasteiger charge is -2.27.